The molecule has 2 aromatic carbocycles. The summed E-state index contributed by atoms with van der Waals surface area (Å²) in [5.74, 6) is -3.70. The number of thiophene rings is 1. The van der Waals surface area contributed by atoms with Crippen molar-refractivity contribution >= 4 is 44.8 Å². The smallest absolute Gasteiger partial charge is 0.265 e. The molecule has 0 aliphatic rings. The largest absolute Gasteiger partial charge is 0.366 e. The van der Waals surface area contributed by atoms with Crippen molar-refractivity contribution in [2.75, 3.05) is 5.32 Å². The zero-order valence-electron chi connectivity index (χ0n) is 13.1. The summed E-state index contributed by atoms with van der Waals surface area (Å²) in [7, 11) is 0. The first-order valence-corrected chi connectivity index (χ1v) is 8.92. The highest BCUT2D eigenvalue weighted by Crippen LogP contribution is 2.30. The first-order chi connectivity index (χ1) is 12.3. The van der Waals surface area contributed by atoms with Crippen molar-refractivity contribution < 1.29 is 18.4 Å². The predicted octanol–water partition coefficient (Wildman–Crippen LogP) is 4.81. The van der Waals surface area contributed by atoms with Gasteiger partial charge in [-0.3, -0.25) is 9.59 Å². The van der Waals surface area contributed by atoms with Gasteiger partial charge >= 0.3 is 0 Å². The lowest BCUT2D eigenvalue weighted by Crippen LogP contribution is -2.16. The molecule has 0 atom stereocenters. The summed E-state index contributed by atoms with van der Waals surface area (Å²) >= 11 is 4.58. The van der Waals surface area contributed by atoms with Gasteiger partial charge < -0.3 is 11.1 Å². The lowest BCUT2D eigenvalue weighted by atomic mass is 10.1. The van der Waals surface area contributed by atoms with Crippen molar-refractivity contribution in [2.24, 2.45) is 5.73 Å². The molecule has 132 valence electrons. The maximum Gasteiger partial charge on any atom is 0.265 e. The second-order valence-corrected chi connectivity index (χ2v) is 7.30. The van der Waals surface area contributed by atoms with E-state index in [0.717, 1.165) is 21.0 Å². The number of carbonyl (C=O) groups is 2. The standard InChI is InChI=1S/C18H11BrF2N2O2S/c19-10-3-1-9(2-4-10)15-5-6-16(26-15)18(25)23-14-7-11(17(22)24)12(20)8-13(14)21/h1-8H,(H2,22,24)(H,23,25). The number of benzene rings is 2. The normalized spacial score (nSPS) is 10.6. The summed E-state index contributed by atoms with van der Waals surface area (Å²) in [5.41, 5.74) is 5.16. The average Bonchev–Trinajstić information content (AvgIpc) is 3.07. The fraction of sp³-hybridized carbons (Fsp3) is 0. The molecule has 8 heteroatoms. The molecule has 0 unspecified atom stereocenters. The number of anilines is 1. The van der Waals surface area contributed by atoms with E-state index in [0.29, 0.717) is 10.9 Å². The number of hydrogen-bond donors (Lipinski definition) is 2. The number of carbonyl (C=O) groups excluding carboxylic acids is 2. The van der Waals surface area contributed by atoms with E-state index in [1.54, 1.807) is 12.1 Å². The van der Waals surface area contributed by atoms with Crippen LogP contribution in [0.4, 0.5) is 14.5 Å². The third kappa shape index (κ3) is 3.81. The SMILES string of the molecule is NC(=O)c1cc(NC(=O)c2ccc(-c3ccc(Br)cc3)s2)c(F)cc1F. The Balaban J connectivity index is 1.84. The van der Waals surface area contributed by atoms with Crippen LogP contribution in [-0.2, 0) is 0 Å². The third-order valence-corrected chi connectivity index (χ3v) is 5.19. The molecular formula is C18H11BrF2N2O2S. The fourth-order valence-corrected chi connectivity index (χ4v) is 3.42. The van der Waals surface area contributed by atoms with E-state index in [9.17, 15) is 18.4 Å². The van der Waals surface area contributed by atoms with E-state index >= 15 is 0 Å². The van der Waals surface area contributed by atoms with Gasteiger partial charge in [-0.05, 0) is 35.9 Å². The molecule has 26 heavy (non-hydrogen) atoms. The highest BCUT2D eigenvalue weighted by atomic mass is 79.9. The molecule has 1 aromatic heterocycles. The van der Waals surface area contributed by atoms with Gasteiger partial charge in [0, 0.05) is 15.4 Å². The van der Waals surface area contributed by atoms with E-state index in [1.165, 1.54) is 11.3 Å². The van der Waals surface area contributed by atoms with Crippen molar-refractivity contribution in [2.45, 2.75) is 0 Å². The Morgan fingerprint density at radius 1 is 1.00 bits per heavy atom. The van der Waals surface area contributed by atoms with Crippen molar-refractivity contribution in [1.82, 2.24) is 0 Å². The van der Waals surface area contributed by atoms with Gasteiger partial charge in [-0.25, -0.2) is 8.78 Å². The summed E-state index contributed by atoms with van der Waals surface area (Å²) in [6.07, 6.45) is 0. The Morgan fingerprint density at radius 3 is 2.35 bits per heavy atom. The second-order valence-electron chi connectivity index (χ2n) is 5.30. The van der Waals surface area contributed by atoms with Crippen molar-refractivity contribution in [3.05, 3.63) is 75.1 Å². The molecule has 0 saturated carbocycles. The van der Waals surface area contributed by atoms with Crippen molar-refractivity contribution in [3.8, 4) is 10.4 Å². The number of primary amides is 1. The first kappa shape index (κ1) is 18.2. The Morgan fingerprint density at radius 2 is 1.69 bits per heavy atom. The Bertz CT molecular complexity index is 1000. The molecule has 4 nitrogen and oxygen atoms in total. The van der Waals surface area contributed by atoms with Crippen molar-refractivity contribution in [3.63, 3.8) is 0 Å². The minimum atomic E-state index is -1.08. The zero-order chi connectivity index (χ0) is 18.8. The number of rotatable bonds is 4. The van der Waals surface area contributed by atoms with Crippen LogP contribution in [0.25, 0.3) is 10.4 Å². The van der Waals surface area contributed by atoms with Crippen LogP contribution in [0, 0.1) is 11.6 Å². The van der Waals surface area contributed by atoms with Gasteiger partial charge in [-0.1, -0.05) is 28.1 Å². The maximum absolute atomic E-state index is 13.9. The van der Waals surface area contributed by atoms with Gasteiger partial charge in [0.15, 0.2) is 0 Å². The quantitative estimate of drug-likeness (QED) is 0.615. The van der Waals surface area contributed by atoms with Crippen LogP contribution in [0.1, 0.15) is 20.0 Å². The molecule has 0 radical (unpaired) electrons. The first-order valence-electron chi connectivity index (χ1n) is 7.31. The van der Waals surface area contributed by atoms with Crippen LogP contribution < -0.4 is 11.1 Å². The summed E-state index contributed by atoms with van der Waals surface area (Å²) in [5, 5.41) is 2.34. The fourth-order valence-electron chi connectivity index (χ4n) is 2.25. The van der Waals surface area contributed by atoms with Crippen LogP contribution in [-0.4, -0.2) is 11.8 Å². The number of halogens is 3. The second kappa shape index (κ2) is 7.35. The topological polar surface area (TPSA) is 72.2 Å². The summed E-state index contributed by atoms with van der Waals surface area (Å²) in [6.45, 7) is 0. The predicted molar refractivity (Wildman–Crippen MR) is 100 cm³/mol. The summed E-state index contributed by atoms with van der Waals surface area (Å²) in [6, 6.07) is 12.3. The van der Waals surface area contributed by atoms with Gasteiger partial charge in [0.05, 0.1) is 16.1 Å². The van der Waals surface area contributed by atoms with Crippen LogP contribution >= 0.6 is 27.3 Å². The molecule has 0 fully saturated rings. The summed E-state index contributed by atoms with van der Waals surface area (Å²) < 4.78 is 28.3. The van der Waals surface area contributed by atoms with Gasteiger partial charge in [0.2, 0.25) is 0 Å². The van der Waals surface area contributed by atoms with Crippen LogP contribution in [0.15, 0.2) is 53.0 Å². The van der Waals surface area contributed by atoms with Gasteiger partial charge in [0.25, 0.3) is 11.8 Å². The number of hydrogen-bond acceptors (Lipinski definition) is 3. The maximum atomic E-state index is 13.9. The molecular weight excluding hydrogens is 426 g/mol. The molecule has 0 aliphatic heterocycles. The number of nitrogens with one attached hydrogen (secondary N) is 1. The third-order valence-electron chi connectivity index (χ3n) is 3.53. The van der Waals surface area contributed by atoms with Gasteiger partial charge in [0.1, 0.15) is 11.6 Å². The molecule has 1 heterocycles. The van der Waals surface area contributed by atoms with Gasteiger partial charge in [-0.15, -0.1) is 11.3 Å². The van der Waals surface area contributed by atoms with Crippen LogP contribution in [0.3, 0.4) is 0 Å². The van der Waals surface area contributed by atoms with E-state index in [2.05, 4.69) is 21.2 Å². The highest BCUT2D eigenvalue weighted by molar-refractivity contribution is 9.10. The Labute approximate surface area is 159 Å². The van der Waals surface area contributed by atoms with E-state index in [1.807, 2.05) is 24.3 Å². The minimum Gasteiger partial charge on any atom is -0.366 e. The average molecular weight is 437 g/mol. The summed E-state index contributed by atoms with van der Waals surface area (Å²) in [4.78, 5) is 24.7. The lowest BCUT2D eigenvalue weighted by molar-refractivity contribution is 0.0992. The monoisotopic (exact) mass is 436 g/mol. The Hall–Kier alpha value is -2.58. The van der Waals surface area contributed by atoms with Crippen molar-refractivity contribution in [1.29, 1.82) is 0 Å². The molecule has 3 aromatic rings. The molecule has 3 N–H and O–H groups in total. The number of nitrogens with two attached hydrogens (primary N) is 1. The van der Waals surface area contributed by atoms with E-state index in [-0.39, 0.29) is 5.69 Å². The minimum absolute atomic E-state index is 0.316. The number of amides is 2. The highest BCUT2D eigenvalue weighted by Gasteiger charge is 2.17. The van der Waals surface area contributed by atoms with E-state index in [4.69, 9.17) is 5.73 Å². The zero-order valence-corrected chi connectivity index (χ0v) is 15.5. The molecule has 0 spiro atoms. The molecule has 0 saturated heterocycles. The molecule has 0 aliphatic carbocycles. The van der Waals surface area contributed by atoms with Gasteiger partial charge in [-0.2, -0.15) is 0 Å². The molecule has 2 amide bonds. The molecule has 3 rings (SSSR count). The molecule has 0 bridgehead atoms. The van der Waals surface area contributed by atoms with Crippen LogP contribution in [0.5, 0.6) is 0 Å². The lowest BCUT2D eigenvalue weighted by Gasteiger charge is -2.07. The van der Waals surface area contributed by atoms with E-state index < -0.39 is 29.0 Å². The van der Waals surface area contributed by atoms with Crippen LogP contribution in [0.2, 0.25) is 0 Å². The Kier molecular flexibility index (Phi) is 5.15.